The maximum absolute atomic E-state index is 12.2. The second kappa shape index (κ2) is 9.47. The van der Waals surface area contributed by atoms with E-state index >= 15 is 0 Å². The highest BCUT2D eigenvalue weighted by atomic mass is 32.1. The molecule has 2 N–H and O–H groups in total. The second-order valence-corrected chi connectivity index (χ2v) is 7.52. The van der Waals surface area contributed by atoms with Crippen LogP contribution in [-0.2, 0) is 11.3 Å². The van der Waals surface area contributed by atoms with Crippen LogP contribution < -0.4 is 10.6 Å². The van der Waals surface area contributed by atoms with E-state index in [1.54, 1.807) is 30.6 Å². The zero-order valence-electron chi connectivity index (χ0n) is 16.6. The third-order valence-electron chi connectivity index (χ3n) is 4.58. The number of carbonyl (C=O) groups excluding carboxylic acids is 1. The summed E-state index contributed by atoms with van der Waals surface area (Å²) in [6.45, 7) is 1.36. The molecule has 0 aliphatic carbocycles. The molecule has 0 bridgehead atoms. The summed E-state index contributed by atoms with van der Waals surface area (Å²) in [6.07, 6.45) is 0. The highest BCUT2D eigenvalue weighted by Crippen LogP contribution is 2.36. The maximum atomic E-state index is 12.2. The van der Waals surface area contributed by atoms with Gasteiger partial charge in [0.05, 0.1) is 5.39 Å². The van der Waals surface area contributed by atoms with Crippen molar-refractivity contribution in [3.8, 4) is 11.1 Å². The zero-order chi connectivity index (χ0) is 20.8. The van der Waals surface area contributed by atoms with E-state index in [4.69, 9.17) is 4.74 Å². The Morgan fingerprint density at radius 1 is 1.00 bits per heavy atom. The summed E-state index contributed by atoms with van der Waals surface area (Å²) < 4.78 is 5.22. The lowest BCUT2D eigenvalue weighted by Gasteiger charge is -2.11. The molecule has 4 aromatic rings. The average molecular weight is 419 g/mol. The number of ether oxygens (including phenoxy) is 1. The quantitative estimate of drug-likeness (QED) is 0.416. The summed E-state index contributed by atoms with van der Waals surface area (Å²) in [5.41, 5.74) is 2.86. The van der Waals surface area contributed by atoms with Crippen molar-refractivity contribution in [2.75, 3.05) is 25.5 Å². The average Bonchev–Trinajstić information content (AvgIpc) is 3.22. The number of fused-ring (bicyclic) bond motifs is 1. The van der Waals surface area contributed by atoms with Gasteiger partial charge in [0, 0.05) is 36.7 Å². The summed E-state index contributed by atoms with van der Waals surface area (Å²) in [5.74, 6) is 1.29. The van der Waals surface area contributed by atoms with Crippen molar-refractivity contribution in [3.63, 3.8) is 0 Å². The van der Waals surface area contributed by atoms with Gasteiger partial charge >= 0.3 is 0 Å². The molecule has 1 amide bonds. The van der Waals surface area contributed by atoms with Gasteiger partial charge in [-0.15, -0.1) is 11.3 Å². The van der Waals surface area contributed by atoms with E-state index < -0.39 is 0 Å². The topological polar surface area (TPSA) is 76.1 Å². The fourth-order valence-corrected chi connectivity index (χ4v) is 4.15. The van der Waals surface area contributed by atoms with Gasteiger partial charge in [0.25, 0.3) is 5.91 Å². The zero-order valence-corrected chi connectivity index (χ0v) is 17.4. The molecule has 0 atom stereocenters. The molecule has 0 unspecified atom stereocenters. The molecule has 30 heavy (non-hydrogen) atoms. The molecule has 0 fully saturated rings. The number of hydrogen-bond donors (Lipinski definition) is 2. The largest absolute Gasteiger partial charge is 0.377 e. The predicted molar refractivity (Wildman–Crippen MR) is 121 cm³/mol. The minimum Gasteiger partial charge on any atom is -0.377 e. The first kappa shape index (κ1) is 20.0. The van der Waals surface area contributed by atoms with Gasteiger partial charge in [0.2, 0.25) is 0 Å². The smallest absolute Gasteiger partial charge is 0.251 e. The van der Waals surface area contributed by atoms with E-state index in [2.05, 4.69) is 38.1 Å². The summed E-state index contributed by atoms with van der Waals surface area (Å²) >= 11 is 1.59. The first-order valence-electron chi connectivity index (χ1n) is 9.66. The van der Waals surface area contributed by atoms with Crippen LogP contribution in [0.4, 0.5) is 5.82 Å². The van der Waals surface area contributed by atoms with Crippen molar-refractivity contribution in [1.29, 1.82) is 0 Å². The van der Waals surface area contributed by atoms with Gasteiger partial charge in [-0.1, -0.05) is 48.5 Å². The number of methoxy groups -OCH3 is 1. The molecule has 4 rings (SSSR count). The highest BCUT2D eigenvalue weighted by molar-refractivity contribution is 7.17. The van der Waals surface area contributed by atoms with Crippen LogP contribution in [0.5, 0.6) is 0 Å². The second-order valence-electron chi connectivity index (χ2n) is 6.67. The number of amides is 1. The molecule has 2 heterocycles. The number of thiophene rings is 1. The number of rotatable bonds is 8. The van der Waals surface area contributed by atoms with Gasteiger partial charge < -0.3 is 15.4 Å². The lowest BCUT2D eigenvalue weighted by Crippen LogP contribution is -2.28. The van der Waals surface area contributed by atoms with Crippen molar-refractivity contribution in [1.82, 2.24) is 15.3 Å². The van der Waals surface area contributed by atoms with Gasteiger partial charge in [-0.05, 0) is 17.7 Å². The van der Waals surface area contributed by atoms with Crippen molar-refractivity contribution in [3.05, 3.63) is 77.4 Å². The third-order valence-corrected chi connectivity index (χ3v) is 5.45. The van der Waals surface area contributed by atoms with Gasteiger partial charge in [-0.25, -0.2) is 9.97 Å². The van der Waals surface area contributed by atoms with Crippen LogP contribution in [0.3, 0.4) is 0 Å². The number of nitrogens with zero attached hydrogens (tertiary/aromatic N) is 2. The lowest BCUT2D eigenvalue weighted by molar-refractivity contribution is 0.0955. The van der Waals surface area contributed by atoms with E-state index in [0.29, 0.717) is 31.1 Å². The van der Waals surface area contributed by atoms with Crippen molar-refractivity contribution in [2.24, 2.45) is 0 Å². The standard InChI is InChI=1S/C23H22N4O2S/c1-29-14-19-26-21(24-12-13-25-22(28)17-10-6-3-7-11-17)20-18(15-30-23(20)27-19)16-8-4-2-5-9-16/h2-11,15H,12-14H2,1H3,(H,25,28)(H,24,26,27). The normalized spacial score (nSPS) is 10.8. The molecule has 152 valence electrons. The molecule has 0 radical (unpaired) electrons. The number of anilines is 1. The van der Waals surface area contributed by atoms with Crippen LogP contribution in [0.25, 0.3) is 21.3 Å². The molecule has 7 heteroatoms. The van der Waals surface area contributed by atoms with Gasteiger partial charge in [0.15, 0.2) is 5.82 Å². The molecule has 2 aromatic carbocycles. The Bertz CT molecular complexity index is 1130. The van der Waals surface area contributed by atoms with E-state index in [-0.39, 0.29) is 5.91 Å². The number of nitrogens with one attached hydrogen (secondary N) is 2. The molecular weight excluding hydrogens is 396 g/mol. The maximum Gasteiger partial charge on any atom is 0.251 e. The molecule has 2 aromatic heterocycles. The Morgan fingerprint density at radius 2 is 1.73 bits per heavy atom. The minimum atomic E-state index is -0.0918. The monoisotopic (exact) mass is 418 g/mol. The van der Waals surface area contributed by atoms with E-state index in [0.717, 1.165) is 27.2 Å². The van der Waals surface area contributed by atoms with Crippen LogP contribution in [0.2, 0.25) is 0 Å². The predicted octanol–water partition coefficient (Wildman–Crippen LogP) is 4.35. The highest BCUT2D eigenvalue weighted by Gasteiger charge is 2.15. The van der Waals surface area contributed by atoms with Gasteiger partial charge in [-0.2, -0.15) is 0 Å². The Kier molecular flexibility index (Phi) is 6.32. The van der Waals surface area contributed by atoms with Crippen molar-refractivity contribution < 1.29 is 9.53 Å². The number of carbonyl (C=O) groups is 1. The SMILES string of the molecule is COCc1nc(NCCNC(=O)c2ccccc2)c2c(-c3ccccc3)csc2n1. The molecular formula is C23H22N4O2S. The number of hydrogen-bond acceptors (Lipinski definition) is 6. The summed E-state index contributed by atoms with van der Waals surface area (Å²) in [5, 5.41) is 9.40. The number of benzene rings is 2. The van der Waals surface area contributed by atoms with E-state index in [1.807, 2.05) is 36.4 Å². The Balaban J connectivity index is 1.54. The lowest BCUT2D eigenvalue weighted by atomic mass is 10.1. The van der Waals surface area contributed by atoms with Crippen molar-refractivity contribution in [2.45, 2.75) is 6.61 Å². The molecule has 6 nitrogen and oxygen atoms in total. The van der Waals surface area contributed by atoms with Gasteiger partial charge in [0.1, 0.15) is 17.3 Å². The van der Waals surface area contributed by atoms with E-state index in [9.17, 15) is 4.79 Å². The van der Waals surface area contributed by atoms with Crippen LogP contribution in [0.15, 0.2) is 66.0 Å². The molecule has 0 saturated carbocycles. The first-order valence-corrected chi connectivity index (χ1v) is 10.5. The fraction of sp³-hybridized carbons (Fsp3) is 0.174. The fourth-order valence-electron chi connectivity index (χ4n) is 3.19. The minimum absolute atomic E-state index is 0.0918. The van der Waals surface area contributed by atoms with Crippen LogP contribution >= 0.6 is 11.3 Å². The number of aromatic nitrogens is 2. The Labute approximate surface area is 179 Å². The summed E-state index contributed by atoms with van der Waals surface area (Å²) in [7, 11) is 1.63. The third kappa shape index (κ3) is 4.48. The Hall–Kier alpha value is -3.29. The summed E-state index contributed by atoms with van der Waals surface area (Å²) in [6, 6.07) is 19.4. The van der Waals surface area contributed by atoms with Crippen LogP contribution in [-0.4, -0.2) is 36.1 Å². The molecule has 0 aliphatic rings. The van der Waals surface area contributed by atoms with Crippen LogP contribution in [0.1, 0.15) is 16.2 Å². The molecule has 0 spiro atoms. The first-order chi connectivity index (χ1) is 14.8. The van der Waals surface area contributed by atoms with Crippen molar-refractivity contribution >= 4 is 33.3 Å². The van der Waals surface area contributed by atoms with E-state index in [1.165, 1.54) is 0 Å². The van der Waals surface area contributed by atoms with Gasteiger partial charge in [-0.3, -0.25) is 4.79 Å². The van der Waals surface area contributed by atoms with Crippen LogP contribution in [0, 0.1) is 0 Å². The molecule has 0 saturated heterocycles. The Morgan fingerprint density at radius 3 is 2.47 bits per heavy atom. The molecule has 0 aliphatic heterocycles. The summed E-state index contributed by atoms with van der Waals surface area (Å²) in [4.78, 5) is 22.4.